The van der Waals surface area contributed by atoms with Gasteiger partial charge < -0.3 is 19.2 Å². The van der Waals surface area contributed by atoms with E-state index >= 15 is 0 Å². The van der Waals surface area contributed by atoms with Gasteiger partial charge in [-0.2, -0.15) is 0 Å². The average molecular weight is 490 g/mol. The van der Waals surface area contributed by atoms with Crippen molar-refractivity contribution in [3.63, 3.8) is 0 Å². The molecule has 1 saturated heterocycles. The molecule has 2 aromatic carbocycles. The van der Waals surface area contributed by atoms with Gasteiger partial charge in [0.1, 0.15) is 11.3 Å². The summed E-state index contributed by atoms with van der Waals surface area (Å²) >= 11 is 0. The Morgan fingerprint density at radius 3 is 2.75 bits per heavy atom. The highest BCUT2D eigenvalue weighted by atomic mass is 16.5. The van der Waals surface area contributed by atoms with E-state index in [0.717, 1.165) is 47.8 Å². The molecule has 0 bridgehead atoms. The lowest BCUT2D eigenvalue weighted by Crippen LogP contribution is -2.56. The second kappa shape index (κ2) is 9.74. The van der Waals surface area contributed by atoms with Crippen molar-refractivity contribution in [2.75, 3.05) is 13.1 Å². The predicted molar refractivity (Wildman–Crippen MR) is 139 cm³/mol. The molecular formula is C30H35NO5. The molecule has 1 amide bonds. The van der Waals surface area contributed by atoms with Gasteiger partial charge in [-0.05, 0) is 68.9 Å². The van der Waals surface area contributed by atoms with E-state index in [-0.39, 0.29) is 17.5 Å². The van der Waals surface area contributed by atoms with Gasteiger partial charge in [-0.15, -0.1) is 0 Å². The summed E-state index contributed by atoms with van der Waals surface area (Å²) in [6.07, 6.45) is 4.33. The summed E-state index contributed by atoms with van der Waals surface area (Å²) in [5.74, 6) is 0.609. The first kappa shape index (κ1) is 24.6. The van der Waals surface area contributed by atoms with Crippen LogP contribution in [-0.2, 0) is 11.2 Å². The monoisotopic (exact) mass is 489 g/mol. The third-order valence-corrected chi connectivity index (χ3v) is 8.10. The van der Waals surface area contributed by atoms with Crippen molar-refractivity contribution in [2.24, 2.45) is 5.92 Å². The number of nitrogens with zero attached hydrogens (tertiary/aromatic N) is 1. The number of piperidine rings is 1. The predicted octanol–water partition coefficient (Wildman–Crippen LogP) is 4.92. The van der Waals surface area contributed by atoms with Gasteiger partial charge in [-0.1, -0.05) is 43.2 Å². The van der Waals surface area contributed by atoms with Gasteiger partial charge in [0.25, 0.3) is 5.91 Å². The number of aryl methyl sites for hydroxylation is 2. The fourth-order valence-electron chi connectivity index (χ4n) is 6.00. The van der Waals surface area contributed by atoms with Crippen molar-refractivity contribution in [3.8, 4) is 5.75 Å². The van der Waals surface area contributed by atoms with E-state index in [1.807, 2.05) is 61.2 Å². The minimum absolute atomic E-state index is 0.0724. The normalized spacial score (nSPS) is 22.8. The second-order valence-corrected chi connectivity index (χ2v) is 10.6. The molecule has 5 rings (SSSR count). The smallest absolute Gasteiger partial charge is 0.340 e. The van der Waals surface area contributed by atoms with Gasteiger partial charge in [0, 0.05) is 31.0 Å². The number of carbonyl (C=O) groups is 1. The molecule has 0 spiro atoms. The number of amides is 1. The number of fused-ring (bicyclic) bond motifs is 2. The number of ether oxygens (including phenoxy) is 1. The van der Waals surface area contributed by atoms with Crippen molar-refractivity contribution in [2.45, 2.75) is 71.0 Å². The number of aliphatic hydroxyl groups is 1. The van der Waals surface area contributed by atoms with Crippen LogP contribution in [0.5, 0.6) is 5.75 Å². The Morgan fingerprint density at radius 2 is 1.97 bits per heavy atom. The van der Waals surface area contributed by atoms with Crippen LogP contribution < -0.4 is 10.4 Å². The number of hydrogen-bond acceptors (Lipinski definition) is 5. The molecule has 1 aromatic heterocycles. The Balaban J connectivity index is 1.42. The average Bonchev–Trinajstić information content (AvgIpc) is 2.85. The lowest BCUT2D eigenvalue weighted by Gasteiger charge is -2.47. The van der Waals surface area contributed by atoms with E-state index in [1.165, 1.54) is 0 Å². The van der Waals surface area contributed by atoms with Crippen molar-refractivity contribution < 1.29 is 19.1 Å². The minimum Gasteiger partial charge on any atom is -0.480 e. The van der Waals surface area contributed by atoms with Gasteiger partial charge in [0.05, 0.1) is 11.0 Å². The molecule has 3 aromatic rings. The third kappa shape index (κ3) is 4.66. The Bertz CT molecular complexity index is 1330. The topological polar surface area (TPSA) is 80.0 Å². The molecule has 1 aliphatic carbocycles. The van der Waals surface area contributed by atoms with Crippen LogP contribution in [-0.4, -0.2) is 40.7 Å². The zero-order chi connectivity index (χ0) is 25.4. The van der Waals surface area contributed by atoms with Crippen LogP contribution >= 0.6 is 0 Å². The second-order valence-electron chi connectivity index (χ2n) is 10.6. The third-order valence-electron chi connectivity index (χ3n) is 8.10. The molecule has 190 valence electrons. The quantitative estimate of drug-likeness (QED) is 0.515. The zero-order valence-corrected chi connectivity index (χ0v) is 21.4. The van der Waals surface area contributed by atoms with Gasteiger partial charge in [-0.3, -0.25) is 4.79 Å². The lowest BCUT2D eigenvalue weighted by molar-refractivity contribution is -0.149. The summed E-state index contributed by atoms with van der Waals surface area (Å²) in [7, 11) is 0. The molecule has 3 atom stereocenters. The van der Waals surface area contributed by atoms with Crippen LogP contribution in [0, 0.1) is 19.8 Å². The first-order valence-electron chi connectivity index (χ1n) is 13.0. The van der Waals surface area contributed by atoms with Crippen molar-refractivity contribution in [1.29, 1.82) is 0 Å². The lowest BCUT2D eigenvalue weighted by atomic mass is 9.71. The zero-order valence-electron chi connectivity index (χ0n) is 21.4. The number of likely N-dealkylation sites (tertiary alicyclic amines) is 1. The highest BCUT2D eigenvalue weighted by molar-refractivity contribution is 5.89. The van der Waals surface area contributed by atoms with E-state index in [0.29, 0.717) is 42.8 Å². The standard InChI is InChI=1S/C30H35NO5/c1-19-15-25(35-21(3)28(32)31-14-13-30(34)12-8-7-11-23(30)18-31)27-20(2)24(29(33)36-26(27)16-19)17-22-9-5-4-6-10-22/h4-6,9-10,15-16,21,23,34H,7-8,11-14,17-18H2,1-3H3/t21-,23+,30-/m1/s1. The summed E-state index contributed by atoms with van der Waals surface area (Å²) in [4.78, 5) is 28.1. The molecule has 6 heteroatoms. The highest BCUT2D eigenvalue weighted by Gasteiger charge is 2.44. The van der Waals surface area contributed by atoms with E-state index in [9.17, 15) is 14.7 Å². The highest BCUT2D eigenvalue weighted by Crippen LogP contribution is 2.40. The van der Waals surface area contributed by atoms with Crippen molar-refractivity contribution in [3.05, 3.63) is 75.1 Å². The van der Waals surface area contributed by atoms with Gasteiger partial charge >= 0.3 is 5.63 Å². The number of carbonyl (C=O) groups excluding carboxylic acids is 1. The first-order chi connectivity index (χ1) is 17.2. The maximum atomic E-state index is 13.4. The fraction of sp³-hybridized carbons (Fsp3) is 0.467. The summed E-state index contributed by atoms with van der Waals surface area (Å²) in [5, 5.41) is 11.7. The van der Waals surface area contributed by atoms with Crippen molar-refractivity contribution in [1.82, 2.24) is 4.90 Å². The Hall–Kier alpha value is -3.12. The summed E-state index contributed by atoms with van der Waals surface area (Å²) < 4.78 is 12.0. The summed E-state index contributed by atoms with van der Waals surface area (Å²) in [5.41, 5.74) is 2.81. The van der Waals surface area contributed by atoms with Crippen LogP contribution in [0.2, 0.25) is 0 Å². The summed E-state index contributed by atoms with van der Waals surface area (Å²) in [6.45, 7) is 6.73. The first-order valence-corrected chi connectivity index (χ1v) is 13.0. The maximum Gasteiger partial charge on any atom is 0.340 e. The van der Waals surface area contributed by atoms with Gasteiger partial charge in [-0.25, -0.2) is 4.79 Å². The molecule has 2 fully saturated rings. The van der Waals surface area contributed by atoms with E-state index in [4.69, 9.17) is 9.15 Å². The molecule has 36 heavy (non-hydrogen) atoms. The molecule has 2 heterocycles. The largest absolute Gasteiger partial charge is 0.480 e. The number of benzene rings is 2. The minimum atomic E-state index is -0.700. The number of rotatable bonds is 5. The van der Waals surface area contributed by atoms with Gasteiger partial charge in [0.2, 0.25) is 0 Å². The van der Waals surface area contributed by atoms with Crippen molar-refractivity contribution >= 4 is 16.9 Å². The Morgan fingerprint density at radius 1 is 1.19 bits per heavy atom. The molecule has 2 aliphatic rings. The maximum absolute atomic E-state index is 13.4. The van der Waals surface area contributed by atoms with Gasteiger partial charge in [0.15, 0.2) is 6.10 Å². The van der Waals surface area contributed by atoms with Crippen LogP contribution in [0.4, 0.5) is 0 Å². The Kier molecular flexibility index (Phi) is 6.64. The molecule has 1 N–H and O–H groups in total. The molecule has 6 nitrogen and oxygen atoms in total. The molecule has 1 saturated carbocycles. The van der Waals surface area contributed by atoms with E-state index in [1.54, 1.807) is 6.92 Å². The van der Waals surface area contributed by atoms with Crippen LogP contribution in [0.15, 0.2) is 51.7 Å². The van der Waals surface area contributed by atoms with E-state index in [2.05, 4.69) is 0 Å². The number of hydrogen-bond donors (Lipinski definition) is 1. The molecule has 1 aliphatic heterocycles. The van der Waals surface area contributed by atoms with Crippen LogP contribution in [0.3, 0.4) is 0 Å². The van der Waals surface area contributed by atoms with E-state index < -0.39 is 11.7 Å². The molecular weight excluding hydrogens is 454 g/mol. The van der Waals surface area contributed by atoms with Crippen LogP contribution in [0.1, 0.15) is 61.3 Å². The van der Waals surface area contributed by atoms with Crippen LogP contribution in [0.25, 0.3) is 11.0 Å². The SMILES string of the molecule is Cc1cc(O[C@H](C)C(=O)N2CC[C@]3(O)CCCC[C@H]3C2)c2c(C)c(Cc3ccccc3)c(=O)oc2c1. The Labute approximate surface area is 211 Å². The molecule has 0 radical (unpaired) electrons. The fourth-order valence-corrected chi connectivity index (χ4v) is 6.00. The molecule has 0 unspecified atom stereocenters. The summed E-state index contributed by atoms with van der Waals surface area (Å²) in [6, 6.07) is 13.6.